The Morgan fingerprint density at radius 3 is 3.08 bits per heavy atom. The van der Waals surface area contributed by atoms with E-state index in [4.69, 9.17) is 4.74 Å². The summed E-state index contributed by atoms with van der Waals surface area (Å²) in [5.74, 6) is 0.807. The molecule has 0 aliphatic rings. The number of hydrogen-bond acceptors (Lipinski definition) is 3. The van der Waals surface area contributed by atoms with Crippen LogP contribution in [0.2, 0.25) is 0 Å². The SMILES string of the molecule is CCOc1cccc(CN=C=O)c1. The molecule has 0 fully saturated rings. The van der Waals surface area contributed by atoms with Crippen molar-refractivity contribution in [2.45, 2.75) is 13.5 Å². The van der Waals surface area contributed by atoms with E-state index in [1.54, 1.807) is 0 Å². The lowest BCUT2D eigenvalue weighted by Gasteiger charge is -2.03. The molecule has 68 valence electrons. The minimum absolute atomic E-state index is 0.365. The Labute approximate surface area is 77.1 Å². The number of hydrogen-bond donors (Lipinski definition) is 0. The molecule has 3 nitrogen and oxygen atoms in total. The van der Waals surface area contributed by atoms with Crippen LogP contribution >= 0.6 is 0 Å². The Balaban J connectivity index is 2.72. The third-order valence-corrected chi connectivity index (χ3v) is 1.54. The molecule has 0 radical (unpaired) electrons. The maximum atomic E-state index is 9.87. The molecule has 1 rings (SSSR count). The lowest BCUT2D eigenvalue weighted by molar-refractivity contribution is 0.340. The van der Waals surface area contributed by atoms with Crippen LogP contribution in [0.1, 0.15) is 12.5 Å². The summed E-state index contributed by atoms with van der Waals surface area (Å²) < 4.78 is 5.29. The quantitative estimate of drug-likeness (QED) is 0.520. The average Bonchev–Trinajstić information content (AvgIpc) is 2.16. The largest absolute Gasteiger partial charge is 0.494 e. The molecule has 0 atom stereocenters. The van der Waals surface area contributed by atoms with Crippen molar-refractivity contribution in [2.75, 3.05) is 6.61 Å². The number of isocyanates is 1. The Hall–Kier alpha value is -1.60. The molecule has 0 bridgehead atoms. The van der Waals surface area contributed by atoms with E-state index in [1.807, 2.05) is 31.2 Å². The molecule has 0 heterocycles. The third kappa shape index (κ3) is 3.09. The molecule has 13 heavy (non-hydrogen) atoms. The van der Waals surface area contributed by atoms with E-state index < -0.39 is 0 Å². The van der Waals surface area contributed by atoms with Crippen LogP contribution in [-0.2, 0) is 11.3 Å². The Kier molecular flexibility index (Phi) is 3.74. The Morgan fingerprint density at radius 2 is 2.38 bits per heavy atom. The number of aliphatic imine (C=N–C) groups is 1. The summed E-state index contributed by atoms with van der Waals surface area (Å²) >= 11 is 0. The molecule has 1 aromatic carbocycles. The summed E-state index contributed by atoms with van der Waals surface area (Å²) in [5, 5.41) is 0. The standard InChI is InChI=1S/C10H11NO2/c1-2-13-10-5-3-4-9(6-10)7-11-8-12/h3-6H,2,7H2,1H3. The molecular formula is C10H11NO2. The van der Waals surface area contributed by atoms with E-state index in [0.29, 0.717) is 13.2 Å². The summed E-state index contributed by atoms with van der Waals surface area (Å²) in [6.07, 6.45) is 1.50. The molecular weight excluding hydrogens is 166 g/mol. The van der Waals surface area contributed by atoms with Gasteiger partial charge in [-0.05, 0) is 24.6 Å². The first kappa shape index (κ1) is 9.49. The van der Waals surface area contributed by atoms with Crippen molar-refractivity contribution < 1.29 is 9.53 Å². The molecule has 0 N–H and O–H groups in total. The summed E-state index contributed by atoms with van der Waals surface area (Å²) in [7, 11) is 0. The van der Waals surface area contributed by atoms with Gasteiger partial charge in [0.05, 0.1) is 13.2 Å². The Bertz CT molecular complexity index is 316. The molecule has 1 aromatic rings. The van der Waals surface area contributed by atoms with E-state index in [0.717, 1.165) is 11.3 Å². The number of nitrogens with zero attached hydrogens (tertiary/aromatic N) is 1. The van der Waals surface area contributed by atoms with Gasteiger partial charge in [-0.3, -0.25) is 0 Å². The fourth-order valence-electron chi connectivity index (χ4n) is 1.02. The van der Waals surface area contributed by atoms with Crippen molar-refractivity contribution in [3.8, 4) is 5.75 Å². The second kappa shape index (κ2) is 5.12. The first-order valence-corrected chi connectivity index (χ1v) is 4.12. The second-order valence-electron chi connectivity index (χ2n) is 2.49. The van der Waals surface area contributed by atoms with Crippen molar-refractivity contribution in [2.24, 2.45) is 4.99 Å². The van der Waals surface area contributed by atoms with Crippen LogP contribution in [0.4, 0.5) is 0 Å². The fraction of sp³-hybridized carbons (Fsp3) is 0.300. The zero-order valence-electron chi connectivity index (χ0n) is 7.49. The lowest BCUT2D eigenvalue weighted by Crippen LogP contribution is -1.91. The highest BCUT2D eigenvalue weighted by Crippen LogP contribution is 2.13. The highest BCUT2D eigenvalue weighted by Gasteiger charge is 1.94. The van der Waals surface area contributed by atoms with Crippen molar-refractivity contribution in [1.29, 1.82) is 0 Å². The minimum Gasteiger partial charge on any atom is -0.494 e. The van der Waals surface area contributed by atoms with Crippen molar-refractivity contribution in [3.05, 3.63) is 29.8 Å². The topological polar surface area (TPSA) is 38.7 Å². The first-order valence-electron chi connectivity index (χ1n) is 4.12. The molecule has 3 heteroatoms. The maximum Gasteiger partial charge on any atom is 0.235 e. The summed E-state index contributed by atoms with van der Waals surface area (Å²) in [6.45, 7) is 2.93. The van der Waals surface area contributed by atoms with Crippen LogP contribution in [0, 0.1) is 0 Å². The molecule has 0 aliphatic carbocycles. The van der Waals surface area contributed by atoms with Crippen molar-refractivity contribution in [1.82, 2.24) is 0 Å². The molecule has 0 aliphatic heterocycles. The number of carbonyl (C=O) groups excluding carboxylic acids is 1. The molecule has 0 saturated carbocycles. The molecule has 0 spiro atoms. The smallest absolute Gasteiger partial charge is 0.235 e. The highest BCUT2D eigenvalue weighted by molar-refractivity contribution is 5.35. The van der Waals surface area contributed by atoms with Gasteiger partial charge in [-0.2, -0.15) is 0 Å². The normalized spacial score (nSPS) is 9.00. The van der Waals surface area contributed by atoms with E-state index >= 15 is 0 Å². The lowest BCUT2D eigenvalue weighted by atomic mass is 10.2. The predicted molar refractivity (Wildman–Crippen MR) is 49.4 cm³/mol. The van der Waals surface area contributed by atoms with Gasteiger partial charge in [0.25, 0.3) is 0 Å². The summed E-state index contributed by atoms with van der Waals surface area (Å²) in [6, 6.07) is 7.51. The minimum atomic E-state index is 0.365. The molecule has 0 saturated heterocycles. The van der Waals surface area contributed by atoms with Crippen LogP contribution in [0.5, 0.6) is 5.75 Å². The van der Waals surface area contributed by atoms with E-state index in [2.05, 4.69) is 4.99 Å². The van der Waals surface area contributed by atoms with Crippen LogP contribution in [0.3, 0.4) is 0 Å². The summed E-state index contributed by atoms with van der Waals surface area (Å²) in [4.78, 5) is 13.3. The van der Waals surface area contributed by atoms with Gasteiger partial charge >= 0.3 is 0 Å². The average molecular weight is 177 g/mol. The van der Waals surface area contributed by atoms with Gasteiger partial charge in [0, 0.05) is 0 Å². The highest BCUT2D eigenvalue weighted by atomic mass is 16.5. The van der Waals surface area contributed by atoms with Crippen molar-refractivity contribution >= 4 is 6.08 Å². The van der Waals surface area contributed by atoms with Crippen LogP contribution in [0.15, 0.2) is 29.3 Å². The zero-order valence-corrected chi connectivity index (χ0v) is 7.49. The van der Waals surface area contributed by atoms with Gasteiger partial charge in [0.2, 0.25) is 6.08 Å². The number of rotatable bonds is 4. The van der Waals surface area contributed by atoms with Crippen molar-refractivity contribution in [3.63, 3.8) is 0 Å². The van der Waals surface area contributed by atoms with Crippen LogP contribution in [0.25, 0.3) is 0 Å². The fourth-order valence-corrected chi connectivity index (χ4v) is 1.02. The number of benzene rings is 1. The Morgan fingerprint density at radius 1 is 1.54 bits per heavy atom. The monoisotopic (exact) mass is 177 g/mol. The molecule has 0 amide bonds. The predicted octanol–water partition coefficient (Wildman–Crippen LogP) is 1.92. The zero-order chi connectivity index (χ0) is 9.52. The molecule has 0 unspecified atom stereocenters. The van der Waals surface area contributed by atoms with Crippen LogP contribution in [-0.4, -0.2) is 12.7 Å². The third-order valence-electron chi connectivity index (χ3n) is 1.54. The van der Waals surface area contributed by atoms with E-state index in [-0.39, 0.29) is 0 Å². The second-order valence-corrected chi connectivity index (χ2v) is 2.49. The van der Waals surface area contributed by atoms with E-state index in [1.165, 1.54) is 6.08 Å². The molecule has 0 aromatic heterocycles. The van der Waals surface area contributed by atoms with Gasteiger partial charge in [-0.15, -0.1) is 0 Å². The van der Waals surface area contributed by atoms with Gasteiger partial charge in [-0.1, -0.05) is 12.1 Å². The van der Waals surface area contributed by atoms with Crippen LogP contribution < -0.4 is 4.74 Å². The van der Waals surface area contributed by atoms with Gasteiger partial charge in [-0.25, -0.2) is 9.79 Å². The number of ether oxygens (including phenoxy) is 1. The maximum absolute atomic E-state index is 9.87. The first-order chi connectivity index (χ1) is 6.36. The van der Waals surface area contributed by atoms with Gasteiger partial charge in [0.15, 0.2) is 0 Å². The van der Waals surface area contributed by atoms with Gasteiger partial charge < -0.3 is 4.74 Å². The van der Waals surface area contributed by atoms with Gasteiger partial charge in [0.1, 0.15) is 5.75 Å². The summed E-state index contributed by atoms with van der Waals surface area (Å²) in [5.41, 5.74) is 0.953. The van der Waals surface area contributed by atoms with E-state index in [9.17, 15) is 4.79 Å².